The van der Waals surface area contributed by atoms with E-state index in [-0.39, 0.29) is 24.6 Å². The van der Waals surface area contributed by atoms with Gasteiger partial charge in [0.05, 0.1) is 5.69 Å². The fourth-order valence-electron chi connectivity index (χ4n) is 1.73. The van der Waals surface area contributed by atoms with Crippen LogP contribution < -0.4 is 10.5 Å². The van der Waals surface area contributed by atoms with Crippen LogP contribution in [0.4, 0.5) is 10.1 Å². The van der Waals surface area contributed by atoms with Crippen LogP contribution in [0.3, 0.4) is 0 Å². The van der Waals surface area contributed by atoms with Gasteiger partial charge in [0.25, 0.3) is 0 Å². The zero-order valence-electron chi connectivity index (χ0n) is 10.9. The first-order chi connectivity index (χ1) is 8.79. The van der Waals surface area contributed by atoms with Gasteiger partial charge in [-0.25, -0.2) is 17.5 Å². The predicted molar refractivity (Wildman–Crippen MR) is 71.5 cm³/mol. The summed E-state index contributed by atoms with van der Waals surface area (Å²) < 4.78 is 40.3. The molecule has 1 rings (SSSR count). The van der Waals surface area contributed by atoms with Gasteiger partial charge in [-0.3, -0.25) is 0 Å². The molecule has 0 radical (unpaired) electrons. The zero-order chi connectivity index (χ0) is 14.6. The highest BCUT2D eigenvalue weighted by Gasteiger charge is 2.26. The van der Waals surface area contributed by atoms with Gasteiger partial charge in [-0.1, -0.05) is 19.9 Å². The minimum atomic E-state index is -4.05. The van der Waals surface area contributed by atoms with Crippen LogP contribution in [0.25, 0.3) is 0 Å². The van der Waals surface area contributed by atoms with Crippen molar-refractivity contribution in [3.05, 3.63) is 24.0 Å². The van der Waals surface area contributed by atoms with E-state index in [1.54, 1.807) is 0 Å². The Kier molecular flexibility index (Phi) is 5.28. The summed E-state index contributed by atoms with van der Waals surface area (Å²) in [6.45, 7) is 3.47. The summed E-state index contributed by atoms with van der Waals surface area (Å²) in [5, 5.41) is 8.93. The molecule has 0 bridgehead atoms. The maximum atomic E-state index is 13.6. The lowest BCUT2D eigenvalue weighted by Gasteiger charge is -2.22. The molecule has 0 saturated heterocycles. The highest BCUT2D eigenvalue weighted by Crippen LogP contribution is 2.22. The van der Waals surface area contributed by atoms with Crippen molar-refractivity contribution < 1.29 is 17.9 Å². The Hall–Kier alpha value is -1.18. The molecule has 0 aliphatic heterocycles. The second kappa shape index (κ2) is 6.31. The molecule has 0 amide bonds. The van der Waals surface area contributed by atoms with Crippen LogP contribution in [0.1, 0.15) is 20.3 Å². The molecule has 1 aromatic rings. The van der Waals surface area contributed by atoms with Crippen molar-refractivity contribution in [1.29, 1.82) is 0 Å². The number of anilines is 1. The summed E-state index contributed by atoms with van der Waals surface area (Å²) in [7, 11) is -4.05. The van der Waals surface area contributed by atoms with Crippen molar-refractivity contribution in [2.75, 3.05) is 12.3 Å². The quantitative estimate of drug-likeness (QED) is 0.684. The van der Waals surface area contributed by atoms with Crippen molar-refractivity contribution in [2.45, 2.75) is 31.2 Å². The number of benzene rings is 1. The fraction of sp³-hybridized carbons (Fsp3) is 0.500. The summed E-state index contributed by atoms with van der Waals surface area (Å²) in [6, 6.07) is 3.24. The number of nitrogens with one attached hydrogen (secondary N) is 1. The molecule has 0 aromatic heterocycles. The van der Waals surface area contributed by atoms with Crippen molar-refractivity contribution in [2.24, 2.45) is 5.92 Å². The molecule has 19 heavy (non-hydrogen) atoms. The lowest BCUT2D eigenvalue weighted by atomic mass is 10.0. The van der Waals surface area contributed by atoms with Gasteiger partial charge >= 0.3 is 0 Å². The maximum Gasteiger partial charge on any atom is 0.245 e. The van der Waals surface area contributed by atoms with Gasteiger partial charge in [-0.2, -0.15) is 0 Å². The molecule has 5 nitrogen and oxygen atoms in total. The van der Waals surface area contributed by atoms with Crippen molar-refractivity contribution in [1.82, 2.24) is 4.72 Å². The summed E-state index contributed by atoms with van der Waals surface area (Å²) >= 11 is 0. The normalized spacial score (nSPS) is 13.7. The van der Waals surface area contributed by atoms with E-state index in [4.69, 9.17) is 10.8 Å². The Balaban J connectivity index is 3.10. The largest absolute Gasteiger partial charge is 0.398 e. The van der Waals surface area contributed by atoms with Gasteiger partial charge in [-0.05, 0) is 24.5 Å². The second-order valence-corrected chi connectivity index (χ2v) is 6.29. The molecule has 0 aliphatic carbocycles. The number of halogens is 1. The average molecular weight is 290 g/mol. The lowest BCUT2D eigenvalue weighted by molar-refractivity contribution is 0.256. The number of nitrogen functional groups attached to an aromatic ring is 1. The third-order valence-electron chi connectivity index (χ3n) is 2.82. The van der Waals surface area contributed by atoms with Gasteiger partial charge in [-0.15, -0.1) is 0 Å². The van der Waals surface area contributed by atoms with Gasteiger partial charge in [0, 0.05) is 12.6 Å². The van der Waals surface area contributed by atoms with Crippen LogP contribution in [-0.4, -0.2) is 26.2 Å². The van der Waals surface area contributed by atoms with E-state index >= 15 is 0 Å². The van der Waals surface area contributed by atoms with Crippen molar-refractivity contribution >= 4 is 15.7 Å². The van der Waals surface area contributed by atoms with Crippen LogP contribution in [0.15, 0.2) is 23.1 Å². The van der Waals surface area contributed by atoms with Gasteiger partial charge in [0.1, 0.15) is 10.7 Å². The standard InChI is InChI=1S/C12H19FN2O3S/c1-8(2)11(6-7-16)15-19(17,18)12-9(13)4-3-5-10(12)14/h3-5,8,11,15-16H,6-7,14H2,1-2H3. The lowest BCUT2D eigenvalue weighted by Crippen LogP contribution is -2.39. The van der Waals surface area contributed by atoms with E-state index in [0.717, 1.165) is 6.07 Å². The van der Waals surface area contributed by atoms with Crippen LogP contribution in [0.5, 0.6) is 0 Å². The number of aliphatic hydroxyl groups excluding tert-OH is 1. The number of hydrogen-bond acceptors (Lipinski definition) is 4. The molecule has 0 spiro atoms. The smallest absolute Gasteiger partial charge is 0.245 e. The number of aliphatic hydroxyl groups is 1. The Morgan fingerprint density at radius 3 is 2.53 bits per heavy atom. The molecule has 0 aliphatic rings. The van der Waals surface area contributed by atoms with E-state index in [0.29, 0.717) is 0 Å². The fourth-order valence-corrected chi connectivity index (χ4v) is 3.34. The first kappa shape index (κ1) is 15.9. The third kappa shape index (κ3) is 3.89. The molecular weight excluding hydrogens is 271 g/mol. The molecule has 1 aromatic carbocycles. The minimum Gasteiger partial charge on any atom is -0.398 e. The van der Waals surface area contributed by atoms with Crippen molar-refractivity contribution in [3.63, 3.8) is 0 Å². The number of nitrogens with two attached hydrogens (primary N) is 1. The van der Waals surface area contributed by atoms with Crippen LogP contribution in [-0.2, 0) is 10.0 Å². The number of sulfonamides is 1. The van der Waals surface area contributed by atoms with Crippen LogP contribution >= 0.6 is 0 Å². The van der Waals surface area contributed by atoms with Crippen LogP contribution in [0, 0.1) is 11.7 Å². The number of hydrogen-bond donors (Lipinski definition) is 3. The summed E-state index contributed by atoms with van der Waals surface area (Å²) in [6.07, 6.45) is 0.255. The topological polar surface area (TPSA) is 92.4 Å². The molecule has 0 fully saturated rings. The molecule has 4 N–H and O–H groups in total. The first-order valence-electron chi connectivity index (χ1n) is 5.96. The Labute approximate surface area is 112 Å². The van der Waals surface area contributed by atoms with E-state index in [9.17, 15) is 12.8 Å². The predicted octanol–water partition coefficient (Wildman–Crippen LogP) is 1.09. The van der Waals surface area contributed by atoms with E-state index < -0.39 is 26.8 Å². The number of rotatable bonds is 6. The third-order valence-corrected chi connectivity index (χ3v) is 4.40. The molecule has 0 heterocycles. The average Bonchev–Trinajstić information content (AvgIpc) is 2.27. The monoisotopic (exact) mass is 290 g/mol. The molecule has 7 heteroatoms. The Morgan fingerprint density at radius 1 is 1.42 bits per heavy atom. The molecule has 108 valence electrons. The molecule has 1 atom stereocenters. The molecule has 0 saturated carbocycles. The highest BCUT2D eigenvalue weighted by atomic mass is 32.2. The summed E-state index contributed by atoms with van der Waals surface area (Å²) in [4.78, 5) is -0.543. The molecular formula is C12H19FN2O3S. The van der Waals surface area contributed by atoms with E-state index in [1.165, 1.54) is 12.1 Å². The maximum absolute atomic E-state index is 13.6. The second-order valence-electron chi connectivity index (χ2n) is 4.64. The first-order valence-corrected chi connectivity index (χ1v) is 7.45. The van der Waals surface area contributed by atoms with E-state index in [1.807, 2.05) is 13.8 Å². The SMILES string of the molecule is CC(C)C(CCO)NS(=O)(=O)c1c(N)cccc1F. The minimum absolute atomic E-state index is 0.0325. The Bertz CT molecular complexity index is 512. The van der Waals surface area contributed by atoms with E-state index in [2.05, 4.69) is 4.72 Å². The Morgan fingerprint density at radius 2 is 2.05 bits per heavy atom. The van der Waals surface area contributed by atoms with Gasteiger partial charge < -0.3 is 10.8 Å². The highest BCUT2D eigenvalue weighted by molar-refractivity contribution is 7.89. The van der Waals surface area contributed by atoms with Gasteiger partial charge in [0.2, 0.25) is 10.0 Å². The summed E-state index contributed by atoms with van der Waals surface area (Å²) in [5.41, 5.74) is 5.38. The van der Waals surface area contributed by atoms with Gasteiger partial charge in [0.15, 0.2) is 0 Å². The zero-order valence-corrected chi connectivity index (χ0v) is 11.7. The molecule has 1 unspecified atom stereocenters. The summed E-state index contributed by atoms with van der Waals surface area (Å²) in [5.74, 6) is -0.922. The van der Waals surface area contributed by atoms with Crippen molar-refractivity contribution in [3.8, 4) is 0 Å². The van der Waals surface area contributed by atoms with Crippen LogP contribution in [0.2, 0.25) is 0 Å².